The highest BCUT2D eigenvalue weighted by Gasteiger charge is 2.09. The molecule has 0 aliphatic carbocycles. The Bertz CT molecular complexity index is 384. The van der Waals surface area contributed by atoms with Crippen LogP contribution in [0.3, 0.4) is 0 Å². The van der Waals surface area contributed by atoms with Crippen molar-refractivity contribution in [2.45, 2.75) is 13.8 Å². The fourth-order valence-corrected chi connectivity index (χ4v) is 2.09. The maximum absolute atomic E-state index is 5.42. The van der Waals surface area contributed by atoms with E-state index >= 15 is 0 Å². The third-order valence-corrected chi connectivity index (χ3v) is 2.76. The minimum absolute atomic E-state index is 0.961. The van der Waals surface area contributed by atoms with Gasteiger partial charge in [-0.3, -0.25) is 0 Å². The molecule has 0 fully saturated rings. The molecule has 2 rings (SSSR count). The average molecular weight is 191 g/mol. The Morgan fingerprint density at radius 1 is 1.15 bits per heavy atom. The molecule has 0 atom stereocenters. The topological polar surface area (TPSA) is 11.3 Å². The van der Waals surface area contributed by atoms with Crippen LogP contribution < -0.4 is 0 Å². The monoisotopic (exact) mass is 191 g/mol. The van der Waals surface area contributed by atoms with Crippen molar-refractivity contribution in [1.82, 2.24) is 0 Å². The highest BCUT2D eigenvalue weighted by molar-refractivity contribution is 7.13. The Balaban J connectivity index is 2.53. The standard InChI is InChI=1S/C11H11OS/c1-8-6-10(7-9(2)12-8)11-4-3-5-13-11/h3-7H,1-2H3/q+1. The molecule has 2 aromatic heterocycles. The van der Waals surface area contributed by atoms with Gasteiger partial charge in [-0.2, -0.15) is 0 Å². The van der Waals surface area contributed by atoms with E-state index in [0.29, 0.717) is 0 Å². The van der Waals surface area contributed by atoms with Gasteiger partial charge in [-0.1, -0.05) is 6.07 Å². The van der Waals surface area contributed by atoms with Gasteiger partial charge < -0.3 is 0 Å². The third kappa shape index (κ3) is 1.78. The number of hydrogen-bond acceptors (Lipinski definition) is 1. The quantitative estimate of drug-likeness (QED) is 0.622. The molecule has 1 nitrogen and oxygen atoms in total. The van der Waals surface area contributed by atoms with Crippen LogP contribution >= 0.6 is 11.3 Å². The van der Waals surface area contributed by atoms with E-state index in [9.17, 15) is 0 Å². The third-order valence-electron chi connectivity index (χ3n) is 1.85. The lowest BCUT2D eigenvalue weighted by molar-refractivity contribution is 0.487. The van der Waals surface area contributed by atoms with Crippen LogP contribution in [0, 0.1) is 13.8 Å². The first-order chi connectivity index (χ1) is 6.25. The van der Waals surface area contributed by atoms with Gasteiger partial charge in [-0.25, -0.2) is 4.42 Å². The molecule has 0 bridgehead atoms. The van der Waals surface area contributed by atoms with E-state index in [2.05, 4.69) is 29.6 Å². The van der Waals surface area contributed by atoms with Crippen LogP contribution in [0.25, 0.3) is 10.4 Å². The van der Waals surface area contributed by atoms with Crippen molar-refractivity contribution in [3.63, 3.8) is 0 Å². The zero-order valence-corrected chi connectivity index (χ0v) is 8.52. The maximum Gasteiger partial charge on any atom is 0.327 e. The van der Waals surface area contributed by atoms with Crippen molar-refractivity contribution in [2.75, 3.05) is 0 Å². The molecular formula is C11H11OS+. The fourth-order valence-electron chi connectivity index (χ4n) is 1.38. The summed E-state index contributed by atoms with van der Waals surface area (Å²) in [5, 5.41) is 2.09. The summed E-state index contributed by atoms with van der Waals surface area (Å²) in [6.45, 7) is 3.95. The molecule has 0 aliphatic heterocycles. The first-order valence-electron chi connectivity index (χ1n) is 4.21. The van der Waals surface area contributed by atoms with Gasteiger partial charge in [0.2, 0.25) is 0 Å². The van der Waals surface area contributed by atoms with E-state index in [4.69, 9.17) is 4.42 Å². The SMILES string of the molecule is Cc1cc(-c2cccs2)cc(C)[o+]1. The maximum atomic E-state index is 5.42. The second-order valence-corrected chi connectivity index (χ2v) is 3.99. The summed E-state index contributed by atoms with van der Waals surface area (Å²) < 4.78 is 5.42. The van der Waals surface area contributed by atoms with Crippen LogP contribution in [0.2, 0.25) is 0 Å². The average Bonchev–Trinajstić information content (AvgIpc) is 2.53. The number of thiophene rings is 1. The molecule has 2 heterocycles. The van der Waals surface area contributed by atoms with Crippen molar-refractivity contribution < 1.29 is 4.42 Å². The van der Waals surface area contributed by atoms with E-state index in [1.807, 2.05) is 13.8 Å². The first kappa shape index (κ1) is 8.45. The second-order valence-electron chi connectivity index (χ2n) is 3.04. The largest absolute Gasteiger partial charge is 0.327 e. The summed E-state index contributed by atoms with van der Waals surface area (Å²) in [7, 11) is 0. The van der Waals surface area contributed by atoms with Gasteiger partial charge in [0.1, 0.15) is 0 Å². The molecule has 13 heavy (non-hydrogen) atoms. The summed E-state index contributed by atoms with van der Waals surface area (Å²) in [6.07, 6.45) is 0. The van der Waals surface area contributed by atoms with E-state index < -0.39 is 0 Å². The summed E-state index contributed by atoms with van der Waals surface area (Å²) in [5.41, 5.74) is 1.25. The highest BCUT2D eigenvalue weighted by atomic mass is 32.1. The van der Waals surface area contributed by atoms with Crippen LogP contribution in [0.5, 0.6) is 0 Å². The van der Waals surface area contributed by atoms with Gasteiger partial charge in [0, 0.05) is 22.6 Å². The molecule has 0 saturated carbocycles. The molecule has 0 unspecified atom stereocenters. The van der Waals surface area contributed by atoms with Crippen molar-refractivity contribution in [1.29, 1.82) is 0 Å². The Morgan fingerprint density at radius 3 is 2.38 bits per heavy atom. The summed E-state index contributed by atoms with van der Waals surface area (Å²) in [4.78, 5) is 1.29. The van der Waals surface area contributed by atoms with Crippen LogP contribution in [0.1, 0.15) is 11.5 Å². The van der Waals surface area contributed by atoms with Gasteiger partial charge in [0.15, 0.2) is 0 Å². The molecule has 0 aromatic carbocycles. The minimum Gasteiger partial charge on any atom is -0.218 e. The second kappa shape index (κ2) is 3.30. The summed E-state index contributed by atoms with van der Waals surface area (Å²) in [5.74, 6) is 1.92. The molecule has 2 aromatic rings. The molecule has 66 valence electrons. The van der Waals surface area contributed by atoms with Crippen molar-refractivity contribution >= 4 is 11.3 Å². The summed E-state index contributed by atoms with van der Waals surface area (Å²) in [6, 6.07) is 8.32. The van der Waals surface area contributed by atoms with E-state index in [1.54, 1.807) is 11.3 Å². The number of hydrogen-bond donors (Lipinski definition) is 0. The van der Waals surface area contributed by atoms with Gasteiger partial charge in [-0.15, -0.1) is 11.3 Å². The molecular weight excluding hydrogens is 180 g/mol. The lowest BCUT2D eigenvalue weighted by atomic mass is 10.2. The van der Waals surface area contributed by atoms with Gasteiger partial charge in [0.05, 0.1) is 13.8 Å². The zero-order chi connectivity index (χ0) is 9.26. The fraction of sp³-hybridized carbons (Fsp3) is 0.182. The lowest BCUT2D eigenvalue weighted by Crippen LogP contribution is -1.79. The lowest BCUT2D eigenvalue weighted by Gasteiger charge is -1.92. The van der Waals surface area contributed by atoms with E-state index in [1.165, 1.54) is 10.4 Å². The van der Waals surface area contributed by atoms with Crippen LogP contribution in [0.4, 0.5) is 0 Å². The molecule has 2 heteroatoms. The molecule has 0 saturated heterocycles. The Hall–Kier alpha value is -1.15. The summed E-state index contributed by atoms with van der Waals surface area (Å²) >= 11 is 1.75. The van der Waals surface area contributed by atoms with Crippen molar-refractivity contribution in [3.8, 4) is 10.4 Å². The molecule has 0 amide bonds. The number of aryl methyl sites for hydroxylation is 2. The molecule has 0 spiro atoms. The van der Waals surface area contributed by atoms with Crippen molar-refractivity contribution in [2.24, 2.45) is 0 Å². The normalized spacial score (nSPS) is 10.3. The van der Waals surface area contributed by atoms with Gasteiger partial charge in [-0.05, 0) is 11.4 Å². The van der Waals surface area contributed by atoms with Crippen molar-refractivity contribution in [3.05, 3.63) is 41.2 Å². The predicted octanol–water partition coefficient (Wildman–Crippen LogP) is 3.91. The van der Waals surface area contributed by atoms with E-state index in [0.717, 1.165) is 11.5 Å². The molecule has 0 N–H and O–H groups in total. The Labute approximate surface area is 81.7 Å². The van der Waals surface area contributed by atoms with E-state index in [-0.39, 0.29) is 0 Å². The van der Waals surface area contributed by atoms with Gasteiger partial charge >= 0.3 is 11.5 Å². The first-order valence-corrected chi connectivity index (χ1v) is 5.09. The Morgan fingerprint density at radius 2 is 1.85 bits per heavy atom. The van der Waals surface area contributed by atoms with Crippen LogP contribution in [0.15, 0.2) is 34.1 Å². The highest BCUT2D eigenvalue weighted by Crippen LogP contribution is 2.26. The van der Waals surface area contributed by atoms with Gasteiger partial charge in [0.25, 0.3) is 0 Å². The Kier molecular flexibility index (Phi) is 2.15. The van der Waals surface area contributed by atoms with Crippen LogP contribution in [-0.2, 0) is 0 Å². The number of rotatable bonds is 1. The zero-order valence-electron chi connectivity index (χ0n) is 7.70. The molecule has 0 aliphatic rings. The smallest absolute Gasteiger partial charge is 0.218 e. The van der Waals surface area contributed by atoms with Crippen LogP contribution in [-0.4, -0.2) is 0 Å². The minimum atomic E-state index is 0.961. The predicted molar refractivity (Wildman–Crippen MR) is 55.9 cm³/mol. The molecule has 0 radical (unpaired) electrons.